The van der Waals surface area contributed by atoms with Crippen LogP contribution in [0.2, 0.25) is 0 Å². The number of carbonyl (C=O) groups excluding carboxylic acids is 1. The molecule has 6 heteroatoms. The van der Waals surface area contributed by atoms with Gasteiger partial charge in [-0.1, -0.05) is 0 Å². The van der Waals surface area contributed by atoms with Gasteiger partial charge in [0.1, 0.15) is 11.9 Å². The molecule has 1 aromatic rings. The fourth-order valence-electron chi connectivity index (χ4n) is 7.24. The standard InChI is InChI=1S/C27H39NO5/c1-30-24-4-2-23(3-5-24)26(29)33-25(18-28-7-10-31-11-8-28)19-32-9-6-27-15-20-12-21(16-27)14-22(13-20)17-27/h2-5,20-22,25H,6-19H2,1H3. The van der Waals surface area contributed by atoms with Gasteiger partial charge in [-0.05, 0) is 92.4 Å². The van der Waals surface area contributed by atoms with Crippen molar-refractivity contribution in [2.75, 3.05) is 53.2 Å². The second-order valence-electron chi connectivity index (χ2n) is 10.9. The Kier molecular flexibility index (Phi) is 7.24. The van der Waals surface area contributed by atoms with Crippen LogP contribution in [0.3, 0.4) is 0 Å². The van der Waals surface area contributed by atoms with Crippen LogP contribution in [0.4, 0.5) is 0 Å². The minimum absolute atomic E-state index is 0.283. The number of benzene rings is 1. The molecule has 4 aliphatic carbocycles. The van der Waals surface area contributed by atoms with Crippen molar-refractivity contribution in [3.05, 3.63) is 29.8 Å². The molecule has 1 atom stereocenters. The number of morpholine rings is 1. The van der Waals surface area contributed by atoms with Gasteiger partial charge in [0.15, 0.2) is 0 Å². The normalized spacial score (nSPS) is 32.0. The summed E-state index contributed by atoms with van der Waals surface area (Å²) >= 11 is 0. The highest BCUT2D eigenvalue weighted by Crippen LogP contribution is 2.61. The van der Waals surface area contributed by atoms with Crippen molar-refractivity contribution in [2.24, 2.45) is 23.2 Å². The molecule has 0 spiro atoms. The van der Waals surface area contributed by atoms with Crippen LogP contribution in [-0.4, -0.2) is 70.1 Å². The molecule has 1 aliphatic heterocycles. The number of rotatable bonds is 10. The molecule has 1 heterocycles. The maximum atomic E-state index is 12.8. The minimum atomic E-state index is -0.305. The predicted octanol–water partition coefficient (Wildman–Crippen LogP) is 4.18. The molecular weight excluding hydrogens is 418 g/mol. The van der Waals surface area contributed by atoms with Gasteiger partial charge in [-0.2, -0.15) is 0 Å². The van der Waals surface area contributed by atoms with Gasteiger partial charge in [-0.25, -0.2) is 4.79 Å². The summed E-state index contributed by atoms with van der Waals surface area (Å²) in [7, 11) is 1.62. The zero-order chi connectivity index (χ0) is 22.7. The van der Waals surface area contributed by atoms with Crippen LogP contribution in [0.15, 0.2) is 24.3 Å². The number of esters is 1. The van der Waals surface area contributed by atoms with Crippen LogP contribution >= 0.6 is 0 Å². The van der Waals surface area contributed by atoms with E-state index in [2.05, 4.69) is 4.90 Å². The highest BCUT2D eigenvalue weighted by Gasteiger charge is 2.50. The Balaban J connectivity index is 1.14. The molecule has 1 aromatic carbocycles. The van der Waals surface area contributed by atoms with E-state index < -0.39 is 0 Å². The summed E-state index contributed by atoms with van der Waals surface area (Å²) in [5.74, 6) is 3.33. The monoisotopic (exact) mass is 457 g/mol. The first-order valence-electron chi connectivity index (χ1n) is 12.8. The Hall–Kier alpha value is -1.63. The first-order chi connectivity index (χ1) is 16.1. The van der Waals surface area contributed by atoms with E-state index in [1.54, 1.807) is 31.4 Å². The number of hydrogen-bond acceptors (Lipinski definition) is 6. The summed E-state index contributed by atoms with van der Waals surface area (Å²) < 4.78 is 22.8. The lowest BCUT2D eigenvalue weighted by atomic mass is 9.49. The quantitative estimate of drug-likeness (QED) is 0.388. The molecular formula is C27H39NO5. The molecule has 4 bridgehead atoms. The van der Waals surface area contributed by atoms with Gasteiger partial charge in [-0.3, -0.25) is 4.90 Å². The van der Waals surface area contributed by atoms with Gasteiger partial charge in [0.05, 0.1) is 32.5 Å². The van der Waals surface area contributed by atoms with Crippen molar-refractivity contribution >= 4 is 5.97 Å². The van der Waals surface area contributed by atoms with Crippen LogP contribution in [0.25, 0.3) is 0 Å². The highest BCUT2D eigenvalue weighted by atomic mass is 16.6. The second kappa shape index (κ2) is 10.3. The molecule has 5 fully saturated rings. The van der Waals surface area contributed by atoms with E-state index in [9.17, 15) is 4.79 Å². The Morgan fingerprint density at radius 1 is 1.06 bits per heavy atom. The zero-order valence-corrected chi connectivity index (χ0v) is 20.0. The Morgan fingerprint density at radius 3 is 2.30 bits per heavy atom. The van der Waals surface area contributed by atoms with Crippen molar-refractivity contribution < 1.29 is 23.7 Å². The molecule has 0 N–H and O–H groups in total. The fourth-order valence-corrected chi connectivity index (χ4v) is 7.24. The van der Waals surface area contributed by atoms with E-state index in [-0.39, 0.29) is 12.1 Å². The summed E-state index contributed by atoms with van der Waals surface area (Å²) in [5, 5.41) is 0. The summed E-state index contributed by atoms with van der Waals surface area (Å²) in [6.45, 7) is 5.09. The molecule has 182 valence electrons. The molecule has 6 rings (SSSR count). The van der Waals surface area contributed by atoms with Crippen molar-refractivity contribution in [2.45, 2.75) is 51.0 Å². The third-order valence-corrected chi connectivity index (χ3v) is 8.41. The largest absolute Gasteiger partial charge is 0.497 e. The zero-order valence-electron chi connectivity index (χ0n) is 20.0. The molecule has 5 aliphatic rings. The highest BCUT2D eigenvalue weighted by molar-refractivity contribution is 5.89. The summed E-state index contributed by atoms with van der Waals surface area (Å²) in [4.78, 5) is 15.1. The minimum Gasteiger partial charge on any atom is -0.497 e. The first-order valence-corrected chi connectivity index (χ1v) is 12.8. The predicted molar refractivity (Wildman–Crippen MR) is 125 cm³/mol. The summed E-state index contributed by atoms with van der Waals surface area (Å²) in [5.41, 5.74) is 1.06. The fraction of sp³-hybridized carbons (Fsp3) is 0.741. The molecule has 0 aromatic heterocycles. The molecule has 0 radical (unpaired) electrons. The number of methoxy groups -OCH3 is 1. The summed E-state index contributed by atoms with van der Waals surface area (Å²) in [6.07, 6.45) is 9.53. The van der Waals surface area contributed by atoms with Crippen molar-refractivity contribution in [3.8, 4) is 5.75 Å². The van der Waals surface area contributed by atoms with Gasteiger partial charge in [0, 0.05) is 26.2 Å². The van der Waals surface area contributed by atoms with Gasteiger partial charge in [0.25, 0.3) is 0 Å². The molecule has 1 saturated heterocycles. The van der Waals surface area contributed by atoms with Gasteiger partial charge < -0.3 is 18.9 Å². The van der Waals surface area contributed by atoms with Crippen LogP contribution in [0.5, 0.6) is 5.75 Å². The average Bonchev–Trinajstić information content (AvgIpc) is 2.81. The van der Waals surface area contributed by atoms with E-state index in [0.29, 0.717) is 24.1 Å². The average molecular weight is 458 g/mol. The lowest BCUT2D eigenvalue weighted by Gasteiger charge is -2.57. The number of ether oxygens (including phenoxy) is 4. The molecule has 0 amide bonds. The van der Waals surface area contributed by atoms with Crippen LogP contribution < -0.4 is 4.74 Å². The molecule has 1 unspecified atom stereocenters. The molecule has 6 nitrogen and oxygen atoms in total. The topological polar surface area (TPSA) is 57.2 Å². The first kappa shape index (κ1) is 23.1. The Labute approximate surface area is 197 Å². The van der Waals surface area contributed by atoms with E-state index in [1.807, 2.05) is 0 Å². The summed E-state index contributed by atoms with van der Waals surface area (Å²) in [6, 6.07) is 7.08. The van der Waals surface area contributed by atoms with Crippen molar-refractivity contribution in [3.63, 3.8) is 0 Å². The van der Waals surface area contributed by atoms with Crippen molar-refractivity contribution in [1.29, 1.82) is 0 Å². The van der Waals surface area contributed by atoms with Gasteiger partial charge in [-0.15, -0.1) is 0 Å². The van der Waals surface area contributed by atoms with Gasteiger partial charge >= 0.3 is 5.97 Å². The smallest absolute Gasteiger partial charge is 0.338 e. The molecule has 33 heavy (non-hydrogen) atoms. The van der Waals surface area contributed by atoms with E-state index in [1.165, 1.54) is 38.5 Å². The Morgan fingerprint density at radius 2 is 1.70 bits per heavy atom. The maximum Gasteiger partial charge on any atom is 0.338 e. The Bertz CT molecular complexity index is 753. The maximum absolute atomic E-state index is 12.8. The van der Waals surface area contributed by atoms with E-state index in [0.717, 1.165) is 62.8 Å². The lowest BCUT2D eigenvalue weighted by Crippen LogP contribution is -2.46. The van der Waals surface area contributed by atoms with Crippen molar-refractivity contribution in [1.82, 2.24) is 4.90 Å². The van der Waals surface area contributed by atoms with Crippen LogP contribution in [0, 0.1) is 23.2 Å². The lowest BCUT2D eigenvalue weighted by molar-refractivity contribution is -0.0768. The third-order valence-electron chi connectivity index (χ3n) is 8.41. The van der Waals surface area contributed by atoms with Crippen LogP contribution in [-0.2, 0) is 14.2 Å². The second-order valence-corrected chi connectivity index (χ2v) is 10.9. The van der Waals surface area contributed by atoms with Crippen LogP contribution in [0.1, 0.15) is 55.3 Å². The number of carbonyl (C=O) groups is 1. The molecule has 4 saturated carbocycles. The number of hydrogen-bond donors (Lipinski definition) is 0. The van der Waals surface area contributed by atoms with E-state index in [4.69, 9.17) is 18.9 Å². The number of nitrogens with zero attached hydrogens (tertiary/aromatic N) is 1. The van der Waals surface area contributed by atoms with E-state index >= 15 is 0 Å². The third kappa shape index (κ3) is 5.72. The van der Waals surface area contributed by atoms with Gasteiger partial charge in [0.2, 0.25) is 0 Å². The SMILES string of the molecule is COc1ccc(C(=O)OC(COCCC23CC4CC(CC(C4)C2)C3)CN2CCOCC2)cc1.